The van der Waals surface area contributed by atoms with Gasteiger partial charge in [0.05, 0.1) is 39.1 Å². The number of carbonyl (C=O) groups excluding carboxylic acids is 1. The van der Waals surface area contributed by atoms with Crippen LogP contribution in [0.3, 0.4) is 0 Å². The Morgan fingerprint density at radius 2 is 1.48 bits per heavy atom. The summed E-state index contributed by atoms with van der Waals surface area (Å²) < 4.78 is 21.6. The summed E-state index contributed by atoms with van der Waals surface area (Å²) in [5, 5.41) is 0. The smallest absolute Gasteiger partial charge is 0.150 e. The zero-order chi connectivity index (χ0) is 15.3. The maximum absolute atomic E-state index is 10.5. The third kappa shape index (κ3) is 9.18. The van der Waals surface area contributed by atoms with Crippen molar-refractivity contribution in [1.82, 2.24) is 0 Å². The van der Waals surface area contributed by atoms with E-state index in [1.54, 1.807) is 24.3 Å². The molecule has 0 bridgehead atoms. The van der Waals surface area contributed by atoms with Crippen LogP contribution in [0.5, 0.6) is 5.75 Å². The zero-order valence-electron chi connectivity index (χ0n) is 12.7. The maximum atomic E-state index is 10.5. The molecule has 0 saturated heterocycles. The molecule has 1 aromatic rings. The Hall–Kier alpha value is -1.43. The van der Waals surface area contributed by atoms with Gasteiger partial charge in [-0.2, -0.15) is 0 Å². The average molecular weight is 296 g/mol. The molecule has 0 radical (unpaired) electrons. The van der Waals surface area contributed by atoms with E-state index in [0.717, 1.165) is 12.0 Å². The van der Waals surface area contributed by atoms with Gasteiger partial charge >= 0.3 is 0 Å². The number of hydrogen-bond acceptors (Lipinski definition) is 5. The minimum atomic E-state index is 0.239. The monoisotopic (exact) mass is 296 g/mol. The fourth-order valence-corrected chi connectivity index (χ4v) is 1.53. The molecule has 0 unspecified atom stereocenters. The van der Waals surface area contributed by atoms with E-state index in [1.165, 1.54) is 0 Å². The molecule has 0 saturated carbocycles. The molecule has 1 rings (SSSR count). The van der Waals surface area contributed by atoms with Crippen LogP contribution in [0.2, 0.25) is 0 Å². The molecular weight excluding hydrogens is 272 g/mol. The fourth-order valence-electron chi connectivity index (χ4n) is 1.53. The first-order valence-corrected chi connectivity index (χ1v) is 7.17. The lowest BCUT2D eigenvalue weighted by atomic mass is 10.2. The summed E-state index contributed by atoms with van der Waals surface area (Å²) in [6.07, 6.45) is 1.04. The van der Waals surface area contributed by atoms with Gasteiger partial charge < -0.3 is 18.9 Å². The Balaban J connectivity index is 1.91. The molecule has 0 aromatic heterocycles. The Kier molecular flexibility index (Phi) is 9.44. The summed E-state index contributed by atoms with van der Waals surface area (Å²) in [6, 6.07) is 6.97. The van der Waals surface area contributed by atoms with E-state index in [0.29, 0.717) is 45.2 Å². The van der Waals surface area contributed by atoms with Crippen molar-refractivity contribution >= 4 is 6.29 Å². The van der Waals surface area contributed by atoms with Gasteiger partial charge in [-0.3, -0.25) is 4.79 Å². The highest BCUT2D eigenvalue weighted by Gasteiger charge is 1.96. The molecule has 118 valence electrons. The van der Waals surface area contributed by atoms with Gasteiger partial charge in [0.1, 0.15) is 18.6 Å². The fraction of sp³-hybridized carbons (Fsp3) is 0.562. The summed E-state index contributed by atoms with van der Waals surface area (Å²) in [5.41, 5.74) is 0.636. The summed E-state index contributed by atoms with van der Waals surface area (Å²) in [4.78, 5) is 10.5. The SMILES string of the molecule is CC(C)OCCOCCOCCOc1ccc(C=O)cc1. The molecule has 0 aliphatic rings. The normalized spacial score (nSPS) is 10.8. The van der Waals surface area contributed by atoms with Gasteiger partial charge in [0.25, 0.3) is 0 Å². The van der Waals surface area contributed by atoms with E-state index in [-0.39, 0.29) is 6.10 Å². The number of aldehydes is 1. The van der Waals surface area contributed by atoms with E-state index in [4.69, 9.17) is 18.9 Å². The number of carbonyl (C=O) groups is 1. The van der Waals surface area contributed by atoms with Crippen molar-refractivity contribution in [3.05, 3.63) is 29.8 Å². The van der Waals surface area contributed by atoms with Crippen LogP contribution in [0.4, 0.5) is 0 Å². The molecular formula is C16H24O5. The van der Waals surface area contributed by atoms with Gasteiger partial charge in [0, 0.05) is 5.56 Å². The molecule has 0 N–H and O–H groups in total. The van der Waals surface area contributed by atoms with Gasteiger partial charge in [-0.25, -0.2) is 0 Å². The maximum Gasteiger partial charge on any atom is 0.150 e. The first-order valence-electron chi connectivity index (χ1n) is 7.17. The van der Waals surface area contributed by atoms with E-state index >= 15 is 0 Å². The van der Waals surface area contributed by atoms with Crippen LogP contribution in [0, 0.1) is 0 Å². The Morgan fingerprint density at radius 3 is 2.05 bits per heavy atom. The van der Waals surface area contributed by atoms with Crippen molar-refractivity contribution in [2.75, 3.05) is 39.6 Å². The largest absolute Gasteiger partial charge is 0.491 e. The quantitative estimate of drug-likeness (QED) is 0.438. The number of benzene rings is 1. The molecule has 0 heterocycles. The highest BCUT2D eigenvalue weighted by molar-refractivity contribution is 5.74. The lowest BCUT2D eigenvalue weighted by Gasteiger charge is -2.09. The zero-order valence-corrected chi connectivity index (χ0v) is 12.7. The lowest BCUT2D eigenvalue weighted by Crippen LogP contribution is -2.14. The van der Waals surface area contributed by atoms with Crippen LogP contribution >= 0.6 is 0 Å². The van der Waals surface area contributed by atoms with Crippen molar-refractivity contribution in [3.63, 3.8) is 0 Å². The van der Waals surface area contributed by atoms with E-state index < -0.39 is 0 Å². The highest BCUT2D eigenvalue weighted by Crippen LogP contribution is 2.10. The summed E-state index contributed by atoms with van der Waals surface area (Å²) in [6.45, 7) is 7.24. The van der Waals surface area contributed by atoms with Crippen molar-refractivity contribution in [2.24, 2.45) is 0 Å². The topological polar surface area (TPSA) is 54.0 Å². The minimum Gasteiger partial charge on any atom is -0.491 e. The highest BCUT2D eigenvalue weighted by atomic mass is 16.6. The predicted octanol–water partition coefficient (Wildman–Crippen LogP) is 2.34. The third-order valence-electron chi connectivity index (χ3n) is 2.56. The first kappa shape index (κ1) is 17.6. The van der Waals surface area contributed by atoms with Crippen molar-refractivity contribution in [2.45, 2.75) is 20.0 Å². The molecule has 21 heavy (non-hydrogen) atoms. The summed E-state index contributed by atoms with van der Waals surface area (Å²) >= 11 is 0. The second-order valence-electron chi connectivity index (χ2n) is 4.68. The predicted molar refractivity (Wildman–Crippen MR) is 80.1 cm³/mol. The van der Waals surface area contributed by atoms with Crippen LogP contribution < -0.4 is 4.74 Å². The van der Waals surface area contributed by atoms with Crippen LogP contribution in [0.1, 0.15) is 24.2 Å². The minimum absolute atomic E-state index is 0.239. The van der Waals surface area contributed by atoms with Crippen LogP contribution in [-0.2, 0) is 14.2 Å². The Labute approximate surface area is 126 Å². The van der Waals surface area contributed by atoms with Gasteiger partial charge in [0.2, 0.25) is 0 Å². The summed E-state index contributed by atoms with van der Waals surface area (Å²) in [5.74, 6) is 0.728. The molecule has 0 spiro atoms. The van der Waals surface area contributed by atoms with Crippen molar-refractivity contribution < 1.29 is 23.7 Å². The first-order chi connectivity index (χ1) is 10.2. The average Bonchev–Trinajstić information content (AvgIpc) is 2.49. The number of ether oxygens (including phenoxy) is 4. The van der Waals surface area contributed by atoms with Crippen LogP contribution in [0.25, 0.3) is 0 Å². The van der Waals surface area contributed by atoms with Gasteiger partial charge in [0.15, 0.2) is 0 Å². The number of hydrogen-bond donors (Lipinski definition) is 0. The van der Waals surface area contributed by atoms with Gasteiger partial charge in [-0.1, -0.05) is 0 Å². The van der Waals surface area contributed by atoms with Crippen LogP contribution in [0.15, 0.2) is 24.3 Å². The molecule has 0 atom stereocenters. The van der Waals surface area contributed by atoms with E-state index in [2.05, 4.69) is 0 Å². The molecule has 0 amide bonds. The van der Waals surface area contributed by atoms with E-state index in [1.807, 2.05) is 13.8 Å². The molecule has 5 heteroatoms. The van der Waals surface area contributed by atoms with Gasteiger partial charge in [-0.05, 0) is 38.1 Å². The standard InChI is InChI=1S/C16H24O5/c1-14(2)20-11-9-18-7-8-19-10-12-21-16-5-3-15(13-17)4-6-16/h3-6,13-14H,7-12H2,1-2H3. The summed E-state index contributed by atoms with van der Waals surface area (Å²) in [7, 11) is 0. The second-order valence-corrected chi connectivity index (χ2v) is 4.68. The molecule has 0 aliphatic heterocycles. The van der Waals surface area contributed by atoms with Crippen molar-refractivity contribution in [1.29, 1.82) is 0 Å². The third-order valence-corrected chi connectivity index (χ3v) is 2.56. The second kappa shape index (κ2) is 11.3. The molecule has 1 aromatic carbocycles. The lowest BCUT2D eigenvalue weighted by molar-refractivity contribution is -0.00466. The number of rotatable bonds is 12. The van der Waals surface area contributed by atoms with E-state index in [9.17, 15) is 4.79 Å². The Bertz CT molecular complexity index is 375. The molecule has 0 aliphatic carbocycles. The van der Waals surface area contributed by atoms with Crippen molar-refractivity contribution in [3.8, 4) is 5.75 Å². The van der Waals surface area contributed by atoms with Gasteiger partial charge in [-0.15, -0.1) is 0 Å². The Morgan fingerprint density at radius 1 is 0.905 bits per heavy atom. The molecule has 0 fully saturated rings. The molecule has 5 nitrogen and oxygen atoms in total. The van der Waals surface area contributed by atoms with Crippen LogP contribution in [-0.4, -0.2) is 52.0 Å².